The number of aliphatic hydroxyl groups excluding tert-OH is 5. The number of hydrogen-bond donors (Lipinski definition) is 7. The lowest BCUT2D eigenvalue weighted by Gasteiger charge is -2.70. The molecule has 24 heteroatoms. The van der Waals surface area contributed by atoms with E-state index in [1.807, 2.05) is 13.8 Å². The van der Waals surface area contributed by atoms with Gasteiger partial charge in [-0.3, -0.25) is 19.4 Å². The summed E-state index contributed by atoms with van der Waals surface area (Å²) in [5, 5.41) is 84.8. The number of esters is 2. The third-order valence-electron chi connectivity index (χ3n) is 26.4. The molecule has 7 N–H and O–H groups in total. The van der Waals surface area contributed by atoms with Gasteiger partial charge in [-0.2, -0.15) is 0 Å². The molecule has 2 aromatic rings. The number of fused-ring (bicyclic) bond motifs is 4. The number of carbonyl (C=O) groups excluding carboxylic acids is 4. The van der Waals surface area contributed by atoms with Gasteiger partial charge in [0.15, 0.2) is 11.2 Å². The predicted molar refractivity (Wildman–Crippen MR) is 318 cm³/mol. The molecular formula is C67H94N2O22. The van der Waals surface area contributed by atoms with Gasteiger partial charge in [0.1, 0.15) is 41.7 Å². The molecule has 30 unspecified atom stereocenters. The number of hydrogen-bond acceptors (Lipinski definition) is 24. The fourth-order valence-electron chi connectivity index (χ4n) is 24.4. The monoisotopic (exact) mass is 1280 g/mol. The Morgan fingerprint density at radius 1 is 0.560 bits per heavy atom. The lowest BCUT2D eigenvalue weighted by molar-refractivity contribution is -0.320. The maximum absolute atomic E-state index is 13.7. The van der Waals surface area contributed by atoms with Crippen LogP contribution in [0.5, 0.6) is 0 Å². The quantitative estimate of drug-likeness (QED) is 0.0546. The molecule has 2 heterocycles. The van der Waals surface area contributed by atoms with Crippen molar-refractivity contribution in [3.8, 4) is 0 Å². The van der Waals surface area contributed by atoms with Crippen molar-refractivity contribution < 1.29 is 107 Å². The van der Waals surface area contributed by atoms with Gasteiger partial charge >= 0.3 is 11.9 Å². The summed E-state index contributed by atoms with van der Waals surface area (Å²) in [6.45, 7) is 6.70. The van der Waals surface area contributed by atoms with Crippen LogP contribution < -0.4 is 0 Å². The third kappa shape index (κ3) is 7.89. The van der Waals surface area contributed by atoms with Crippen molar-refractivity contribution in [3.63, 3.8) is 0 Å². The first-order valence-corrected chi connectivity index (χ1v) is 31.9. The minimum absolute atomic E-state index is 0. The van der Waals surface area contributed by atoms with Gasteiger partial charge in [-0.25, -0.2) is 9.59 Å². The van der Waals surface area contributed by atoms with Crippen molar-refractivity contribution in [2.24, 2.45) is 74.9 Å². The van der Waals surface area contributed by atoms with Crippen molar-refractivity contribution in [1.29, 1.82) is 0 Å². The second-order valence-corrected chi connectivity index (χ2v) is 28.2. The van der Waals surface area contributed by atoms with Crippen LogP contribution in [-0.4, -0.2) is 268 Å². The molecule has 10 saturated carbocycles. The Kier molecular flexibility index (Phi) is 17.2. The van der Waals surface area contributed by atoms with Crippen LogP contribution in [0.3, 0.4) is 0 Å². The maximum Gasteiger partial charge on any atom is 0.338 e. The first kappa shape index (κ1) is 66.7. The van der Waals surface area contributed by atoms with E-state index in [2.05, 4.69) is 9.80 Å². The SMILES string of the molecule is C.CCN1CC2(COC)C(O)CC(OC)C34C5CC6(O)C(CO)C(O)C(OC=O)(C5C6OC(=O)c5ccccc5)C(C(OC)C23)C14.CCN1CC2(COC)C(O)CC(OC)C34C5CC6(O)C(OC)C(O)C(OC=O)(C5C6OC(=O)c5ccccc5)C(C(OC)C23)C14. The number of benzene rings is 2. The maximum atomic E-state index is 13.7. The Hall–Kier alpha value is -4.32. The van der Waals surface area contributed by atoms with Gasteiger partial charge in [-0.15, -0.1) is 0 Å². The smallest absolute Gasteiger partial charge is 0.338 e. The van der Waals surface area contributed by atoms with Gasteiger partial charge in [0.25, 0.3) is 12.9 Å². The lowest BCUT2D eigenvalue weighted by Crippen LogP contribution is -2.81. The molecule has 30 atom stereocenters. The molecule has 504 valence electrons. The van der Waals surface area contributed by atoms with E-state index >= 15 is 0 Å². The highest BCUT2D eigenvalue weighted by Gasteiger charge is 2.94. The minimum Gasteiger partial charge on any atom is -0.458 e. The highest BCUT2D eigenvalue weighted by molar-refractivity contribution is 5.90. The molecule has 0 radical (unpaired) electrons. The summed E-state index contributed by atoms with van der Waals surface area (Å²) >= 11 is 0. The fourth-order valence-corrected chi connectivity index (χ4v) is 24.4. The molecular weight excluding hydrogens is 1180 g/mol. The zero-order valence-electron chi connectivity index (χ0n) is 52.6. The van der Waals surface area contributed by atoms with Crippen LogP contribution in [0, 0.1) is 74.9 Å². The van der Waals surface area contributed by atoms with Crippen LogP contribution in [0.25, 0.3) is 0 Å². The standard InChI is InChI=1S/2C33H45NO11.CH4/c1-6-34-14-30(15-40-2)19(36)12-20(41-3)32-18-13-31(39)27(45-29(38)17-10-8-7-9-11-17)21(18)33(44-16-35,26(37)28(31)43-5)22(25(32)34)23(42-4)24(30)32;1-5-34-14-30(15-41-2)20(37)11-21(42-3)32-18-12-31(40)19(13-35)27(38)33(44-16-36,23(26(32)34)24(43-4)25(30)32)22(18)28(31)45-29(39)17-9-7-6-8-10-17;/h7-11,16,18-28,36-37,39H,6,12-15H2,1-5H3;6-10,16,18-28,35,37-38,40H,5,11-15H2,1-4H3;1H4. The summed E-state index contributed by atoms with van der Waals surface area (Å²) in [6, 6.07) is 16.2. The van der Waals surface area contributed by atoms with Gasteiger partial charge in [0.05, 0.1) is 67.6 Å². The molecule has 2 saturated heterocycles. The third-order valence-corrected chi connectivity index (χ3v) is 26.4. The highest BCUT2D eigenvalue weighted by atomic mass is 16.6. The van der Waals surface area contributed by atoms with E-state index in [0.717, 1.165) is 0 Å². The molecule has 10 aliphatic carbocycles. The van der Waals surface area contributed by atoms with E-state index in [9.17, 15) is 54.9 Å². The summed E-state index contributed by atoms with van der Waals surface area (Å²) in [6.07, 6.45) is -9.84. The van der Waals surface area contributed by atoms with E-state index in [1.54, 1.807) is 103 Å². The molecule has 12 fully saturated rings. The van der Waals surface area contributed by atoms with E-state index in [-0.39, 0.29) is 57.0 Å². The summed E-state index contributed by atoms with van der Waals surface area (Å²) in [7, 11) is 11.1. The van der Waals surface area contributed by atoms with Crippen LogP contribution in [-0.2, 0) is 61.7 Å². The molecule has 2 aromatic carbocycles. The largest absolute Gasteiger partial charge is 0.458 e. The normalized spacial score (nSPS) is 50.2. The Labute approximate surface area is 530 Å². The number of carbonyl (C=O) groups is 4. The summed E-state index contributed by atoms with van der Waals surface area (Å²) in [4.78, 5) is 57.1. The summed E-state index contributed by atoms with van der Waals surface area (Å²) < 4.78 is 68.0. The average Bonchev–Trinajstić information content (AvgIpc) is 1.47. The first-order chi connectivity index (χ1) is 43.3. The first-order valence-electron chi connectivity index (χ1n) is 31.9. The number of aliphatic hydroxyl groups is 7. The van der Waals surface area contributed by atoms with E-state index in [4.69, 9.17) is 52.1 Å². The molecule has 2 aliphatic heterocycles. The number of nitrogens with zero attached hydrogens (tertiary/aromatic N) is 2. The molecule has 14 rings (SSSR count). The molecule has 12 aliphatic rings. The summed E-state index contributed by atoms with van der Waals surface area (Å²) in [5.41, 5.74) is -9.65. The van der Waals surface area contributed by atoms with E-state index in [0.29, 0.717) is 57.5 Å². The number of ether oxygens (including phenoxy) is 11. The average molecular weight is 1280 g/mol. The molecule has 91 heavy (non-hydrogen) atoms. The minimum atomic E-state index is -1.85. The van der Waals surface area contributed by atoms with Crippen molar-refractivity contribution in [1.82, 2.24) is 9.80 Å². The van der Waals surface area contributed by atoms with Crippen molar-refractivity contribution in [3.05, 3.63) is 71.8 Å². The predicted octanol–water partition coefficient (Wildman–Crippen LogP) is 0.746. The van der Waals surface area contributed by atoms with Gasteiger partial charge in [-0.1, -0.05) is 57.7 Å². The summed E-state index contributed by atoms with van der Waals surface area (Å²) in [5.74, 6) is -7.36. The lowest BCUT2D eigenvalue weighted by atomic mass is 9.42. The molecule has 14 bridgehead atoms. The molecule has 0 amide bonds. The van der Waals surface area contributed by atoms with Gasteiger partial charge in [0, 0.05) is 151 Å². The van der Waals surface area contributed by atoms with Crippen molar-refractivity contribution >= 4 is 24.9 Å². The van der Waals surface area contributed by atoms with Crippen molar-refractivity contribution in [2.75, 3.05) is 95.8 Å². The van der Waals surface area contributed by atoms with Crippen LogP contribution >= 0.6 is 0 Å². The van der Waals surface area contributed by atoms with E-state index in [1.165, 1.54) is 7.11 Å². The Morgan fingerprint density at radius 2 is 0.967 bits per heavy atom. The number of rotatable bonds is 20. The second-order valence-electron chi connectivity index (χ2n) is 28.2. The van der Waals surface area contributed by atoms with Gasteiger partial charge < -0.3 is 87.9 Å². The Balaban J connectivity index is 0.000000174. The Bertz CT molecular complexity index is 2830. The van der Waals surface area contributed by atoms with Gasteiger partial charge in [0.2, 0.25) is 0 Å². The fraction of sp³-hybridized carbons (Fsp3) is 0.761. The molecule has 24 nitrogen and oxygen atoms in total. The van der Waals surface area contributed by atoms with Gasteiger partial charge in [-0.05, 0) is 62.0 Å². The number of methoxy groups -OCH3 is 7. The van der Waals surface area contributed by atoms with Crippen LogP contribution in [0.1, 0.15) is 67.7 Å². The molecule has 0 aromatic heterocycles. The van der Waals surface area contributed by atoms with Crippen molar-refractivity contribution in [2.45, 2.75) is 149 Å². The second kappa shape index (κ2) is 23.5. The topological polar surface area (TPSA) is 318 Å². The number of likely N-dealkylation sites (tertiary alicyclic amines) is 2. The van der Waals surface area contributed by atoms with Crippen LogP contribution in [0.2, 0.25) is 0 Å². The van der Waals surface area contributed by atoms with Crippen LogP contribution in [0.4, 0.5) is 0 Å². The highest BCUT2D eigenvalue weighted by Crippen LogP contribution is 2.83. The van der Waals surface area contributed by atoms with E-state index < -0.39 is 177 Å². The zero-order chi connectivity index (χ0) is 64.2. The zero-order valence-corrected chi connectivity index (χ0v) is 52.6. The molecule has 2 spiro atoms. The Morgan fingerprint density at radius 3 is 1.33 bits per heavy atom. The van der Waals surface area contributed by atoms with Crippen LogP contribution in [0.15, 0.2) is 60.7 Å². The number of piperidine rings is 2.